The van der Waals surface area contributed by atoms with Crippen LogP contribution in [-0.4, -0.2) is 23.6 Å². The minimum atomic E-state index is -0.764. The van der Waals surface area contributed by atoms with Gasteiger partial charge in [0.2, 0.25) is 5.91 Å². The number of furan rings is 1. The normalized spacial score (nSPS) is 14.2. The van der Waals surface area contributed by atoms with Crippen LogP contribution >= 0.6 is 0 Å². The molecule has 0 atom stereocenters. The summed E-state index contributed by atoms with van der Waals surface area (Å²) in [6.45, 7) is 1.73. The quantitative estimate of drug-likeness (QED) is 0.591. The number of carbonyl (C=O) groups is 3. The lowest BCUT2D eigenvalue weighted by atomic mass is 9.93. The van der Waals surface area contributed by atoms with Gasteiger partial charge in [0, 0.05) is 17.5 Å². The molecule has 9 nitrogen and oxygen atoms in total. The van der Waals surface area contributed by atoms with E-state index in [0.29, 0.717) is 35.4 Å². The fraction of sp³-hybridized carbons (Fsp3) is 0.263. The molecule has 0 unspecified atom stereocenters. The fourth-order valence-electron chi connectivity index (χ4n) is 3.13. The van der Waals surface area contributed by atoms with E-state index in [2.05, 4.69) is 21.4 Å². The Morgan fingerprint density at radius 2 is 1.89 bits per heavy atom. The van der Waals surface area contributed by atoms with Crippen LogP contribution in [-0.2, 0) is 17.6 Å². The summed E-state index contributed by atoms with van der Waals surface area (Å²) in [5.74, 6) is -0.190. The highest BCUT2D eigenvalue weighted by molar-refractivity contribution is 6.06. The van der Waals surface area contributed by atoms with Crippen LogP contribution in [0, 0.1) is 6.92 Å². The summed E-state index contributed by atoms with van der Waals surface area (Å²) < 4.78 is 5.70. The van der Waals surface area contributed by atoms with Crippen LogP contribution in [0.1, 0.15) is 45.8 Å². The monoisotopic (exact) mass is 383 g/mol. The van der Waals surface area contributed by atoms with E-state index in [0.717, 1.165) is 12.0 Å². The smallest absolute Gasteiger partial charge is 0.332 e. The van der Waals surface area contributed by atoms with Crippen LogP contribution in [0.3, 0.4) is 0 Å². The Balaban J connectivity index is 1.68. The molecule has 1 aliphatic carbocycles. The van der Waals surface area contributed by atoms with Gasteiger partial charge in [-0.2, -0.15) is 5.10 Å². The van der Waals surface area contributed by atoms with E-state index in [1.165, 1.54) is 0 Å². The zero-order valence-electron chi connectivity index (χ0n) is 15.4. The van der Waals surface area contributed by atoms with Gasteiger partial charge in [0.25, 0.3) is 0 Å². The maximum absolute atomic E-state index is 12.5. The first-order valence-corrected chi connectivity index (χ1v) is 8.83. The Kier molecular flexibility index (Phi) is 5.73. The Morgan fingerprint density at radius 1 is 1.14 bits per heavy atom. The number of nitrogens with zero attached hydrogens (tertiary/aromatic N) is 1. The number of urea groups is 1. The van der Waals surface area contributed by atoms with Crippen molar-refractivity contribution in [3.63, 3.8) is 0 Å². The standard InChI is InChI=1S/C19H21N5O4/c1-11-16-13(21-24-19(20)27)8-5-9-14(16)28-17(11)18(26)23-22-15(25)10-12-6-3-2-4-7-12/h2-4,6-7H,5,8-10H2,1H3,(H,22,25)(H,23,26)(H3,20,24,27)/b21-13+. The maximum atomic E-state index is 12.5. The lowest BCUT2D eigenvalue weighted by molar-refractivity contribution is -0.121. The topological polar surface area (TPSA) is 139 Å². The molecule has 0 saturated carbocycles. The van der Waals surface area contributed by atoms with E-state index in [-0.39, 0.29) is 18.1 Å². The third-order valence-electron chi connectivity index (χ3n) is 4.36. The molecule has 1 aliphatic rings. The minimum Gasteiger partial charge on any atom is -0.455 e. The van der Waals surface area contributed by atoms with Crippen molar-refractivity contribution in [1.82, 2.24) is 16.3 Å². The zero-order valence-corrected chi connectivity index (χ0v) is 15.4. The molecule has 5 N–H and O–H groups in total. The fourth-order valence-corrected chi connectivity index (χ4v) is 3.13. The number of fused-ring (bicyclic) bond motifs is 1. The number of nitrogens with two attached hydrogens (primary N) is 1. The molecule has 1 aromatic heterocycles. The van der Waals surface area contributed by atoms with Gasteiger partial charge in [-0.25, -0.2) is 10.2 Å². The average molecular weight is 383 g/mol. The lowest BCUT2D eigenvalue weighted by Gasteiger charge is -2.13. The molecule has 0 radical (unpaired) electrons. The highest BCUT2D eigenvalue weighted by atomic mass is 16.4. The Bertz CT molecular complexity index is 933. The second kappa shape index (κ2) is 8.38. The molecule has 3 rings (SSSR count). The predicted octanol–water partition coefficient (Wildman–Crippen LogP) is 1.30. The molecular weight excluding hydrogens is 362 g/mol. The third-order valence-corrected chi connectivity index (χ3v) is 4.36. The number of hydrogen-bond acceptors (Lipinski definition) is 5. The van der Waals surface area contributed by atoms with E-state index >= 15 is 0 Å². The number of hydrazine groups is 1. The van der Waals surface area contributed by atoms with Gasteiger partial charge in [-0.15, -0.1) is 0 Å². The van der Waals surface area contributed by atoms with Crippen LogP contribution in [0.15, 0.2) is 39.9 Å². The second-order valence-electron chi connectivity index (χ2n) is 6.41. The molecule has 0 spiro atoms. The van der Waals surface area contributed by atoms with Crippen LogP contribution in [0.2, 0.25) is 0 Å². The van der Waals surface area contributed by atoms with E-state index in [9.17, 15) is 14.4 Å². The van der Waals surface area contributed by atoms with Gasteiger partial charge in [-0.1, -0.05) is 30.3 Å². The molecule has 0 aliphatic heterocycles. The summed E-state index contributed by atoms with van der Waals surface area (Å²) in [6.07, 6.45) is 2.19. The second-order valence-corrected chi connectivity index (χ2v) is 6.41. The van der Waals surface area contributed by atoms with E-state index in [4.69, 9.17) is 10.2 Å². The number of amides is 4. The molecule has 2 aromatic rings. The van der Waals surface area contributed by atoms with Crippen LogP contribution in [0.5, 0.6) is 0 Å². The highest BCUT2D eigenvalue weighted by Crippen LogP contribution is 2.29. The SMILES string of the molecule is Cc1c(C(=O)NNC(=O)Cc2ccccc2)oc2c1/C(=N/NC(N)=O)CCC2. The van der Waals surface area contributed by atoms with E-state index in [1.807, 2.05) is 30.3 Å². The van der Waals surface area contributed by atoms with Crippen LogP contribution in [0.25, 0.3) is 0 Å². The summed E-state index contributed by atoms with van der Waals surface area (Å²) in [6, 6.07) is 8.43. The Labute approximate surface area is 161 Å². The van der Waals surface area contributed by atoms with Crippen LogP contribution in [0.4, 0.5) is 4.79 Å². The Morgan fingerprint density at radius 3 is 2.61 bits per heavy atom. The number of carbonyl (C=O) groups excluding carboxylic acids is 3. The average Bonchev–Trinajstić information content (AvgIpc) is 3.02. The first kappa shape index (κ1) is 19.2. The van der Waals surface area contributed by atoms with Gasteiger partial charge < -0.3 is 10.2 Å². The molecule has 28 heavy (non-hydrogen) atoms. The molecule has 4 amide bonds. The van der Waals surface area contributed by atoms with E-state index in [1.54, 1.807) is 6.92 Å². The molecule has 0 fully saturated rings. The van der Waals surface area contributed by atoms with E-state index < -0.39 is 11.9 Å². The van der Waals surface area contributed by atoms with Gasteiger partial charge >= 0.3 is 11.9 Å². The van der Waals surface area contributed by atoms with Crippen molar-refractivity contribution in [3.05, 3.63) is 58.5 Å². The number of benzene rings is 1. The number of hydrazone groups is 1. The van der Waals surface area contributed by atoms with Crippen molar-refractivity contribution in [2.24, 2.45) is 10.8 Å². The van der Waals surface area contributed by atoms with Gasteiger partial charge in [0.1, 0.15) is 5.76 Å². The highest BCUT2D eigenvalue weighted by Gasteiger charge is 2.28. The predicted molar refractivity (Wildman–Crippen MR) is 101 cm³/mol. The molecular formula is C19H21N5O4. The molecule has 0 bridgehead atoms. The van der Waals surface area contributed by atoms with Gasteiger partial charge in [0.05, 0.1) is 12.1 Å². The number of nitrogens with one attached hydrogen (secondary N) is 3. The van der Waals surface area contributed by atoms with Crippen molar-refractivity contribution in [2.75, 3.05) is 0 Å². The van der Waals surface area contributed by atoms with Crippen LogP contribution < -0.4 is 22.0 Å². The number of rotatable bonds is 4. The van der Waals surface area contributed by atoms with Crippen molar-refractivity contribution in [2.45, 2.75) is 32.6 Å². The number of primary amides is 1. The summed E-state index contributed by atoms with van der Waals surface area (Å²) >= 11 is 0. The first-order chi connectivity index (χ1) is 13.5. The summed E-state index contributed by atoms with van der Waals surface area (Å²) in [4.78, 5) is 35.4. The van der Waals surface area contributed by atoms with Gasteiger partial charge in [-0.3, -0.25) is 20.4 Å². The van der Waals surface area contributed by atoms with Crippen molar-refractivity contribution in [1.29, 1.82) is 0 Å². The molecule has 146 valence electrons. The zero-order chi connectivity index (χ0) is 20.1. The number of hydrogen-bond donors (Lipinski definition) is 4. The summed E-state index contributed by atoms with van der Waals surface area (Å²) in [5.41, 5.74) is 14.8. The number of aryl methyl sites for hydroxylation is 1. The molecule has 1 aromatic carbocycles. The summed E-state index contributed by atoms with van der Waals surface area (Å²) in [7, 11) is 0. The van der Waals surface area contributed by atoms with Gasteiger partial charge in [0.15, 0.2) is 5.76 Å². The maximum Gasteiger partial charge on any atom is 0.332 e. The minimum absolute atomic E-state index is 0.0960. The molecule has 9 heteroatoms. The molecule has 1 heterocycles. The van der Waals surface area contributed by atoms with Crippen molar-refractivity contribution >= 4 is 23.6 Å². The molecule has 0 saturated heterocycles. The Hall–Kier alpha value is -3.62. The summed E-state index contributed by atoms with van der Waals surface area (Å²) in [5, 5.41) is 4.01. The van der Waals surface area contributed by atoms with Gasteiger partial charge in [-0.05, 0) is 25.3 Å². The largest absolute Gasteiger partial charge is 0.455 e. The first-order valence-electron chi connectivity index (χ1n) is 8.83. The van der Waals surface area contributed by atoms with Crippen molar-refractivity contribution in [3.8, 4) is 0 Å². The lowest BCUT2D eigenvalue weighted by Crippen LogP contribution is -2.42. The van der Waals surface area contributed by atoms with Crippen molar-refractivity contribution < 1.29 is 18.8 Å². The third kappa shape index (κ3) is 4.37.